The number of aldehydes is 1. The van der Waals surface area contributed by atoms with Gasteiger partial charge >= 0.3 is 0 Å². The molecule has 0 saturated heterocycles. The third-order valence-corrected chi connectivity index (χ3v) is 3.80. The van der Waals surface area contributed by atoms with Crippen LogP contribution < -0.4 is 0 Å². The number of hydrogen-bond donors (Lipinski definition) is 0. The molecule has 2 rings (SSSR count). The molecule has 0 bridgehead atoms. The van der Waals surface area contributed by atoms with Crippen LogP contribution in [0.1, 0.15) is 16.2 Å². The van der Waals surface area contributed by atoms with E-state index in [2.05, 4.69) is 9.36 Å². The zero-order chi connectivity index (χ0) is 11.5. The van der Waals surface area contributed by atoms with E-state index in [-0.39, 0.29) is 0 Å². The van der Waals surface area contributed by atoms with Crippen molar-refractivity contribution in [1.82, 2.24) is 9.36 Å². The largest absolute Gasteiger partial charge is 0.298 e. The summed E-state index contributed by atoms with van der Waals surface area (Å²) in [5.41, 5.74) is 0.331. The lowest BCUT2D eigenvalue weighted by atomic mass is 10.2. The molecule has 0 N–H and O–H groups in total. The van der Waals surface area contributed by atoms with Crippen molar-refractivity contribution in [3.8, 4) is 0 Å². The number of benzene rings is 1. The molecule has 1 aromatic heterocycles. The molecule has 0 spiro atoms. The van der Waals surface area contributed by atoms with E-state index in [0.29, 0.717) is 26.9 Å². The Morgan fingerprint density at radius 1 is 1.50 bits per heavy atom. The monoisotopic (exact) mass is 254 g/mol. The molecule has 1 heterocycles. The summed E-state index contributed by atoms with van der Waals surface area (Å²) < 4.78 is 18.1. The van der Waals surface area contributed by atoms with Crippen LogP contribution in [0.4, 0.5) is 4.39 Å². The van der Waals surface area contributed by atoms with Crippen molar-refractivity contribution in [1.29, 1.82) is 0 Å². The average molecular weight is 254 g/mol. The molecule has 82 valence electrons. The van der Waals surface area contributed by atoms with Crippen LogP contribution in [0.25, 0.3) is 0 Å². The molecule has 16 heavy (non-hydrogen) atoms. The van der Waals surface area contributed by atoms with E-state index < -0.39 is 5.82 Å². The van der Waals surface area contributed by atoms with Crippen LogP contribution in [-0.2, 0) is 0 Å². The highest BCUT2D eigenvalue weighted by molar-refractivity contribution is 8.01. The van der Waals surface area contributed by atoms with Crippen LogP contribution >= 0.6 is 23.3 Å². The number of nitrogens with zero attached hydrogens (tertiary/aromatic N) is 2. The second kappa shape index (κ2) is 4.71. The first-order chi connectivity index (χ1) is 7.70. The molecule has 0 radical (unpaired) electrons. The number of hydrogen-bond acceptors (Lipinski definition) is 5. The number of carbonyl (C=O) groups is 1. The second-order valence-corrected chi connectivity index (χ2v) is 4.99. The summed E-state index contributed by atoms with van der Waals surface area (Å²) in [6, 6.07) is 4.41. The van der Waals surface area contributed by atoms with E-state index in [0.717, 1.165) is 11.8 Å². The maximum absolute atomic E-state index is 13.5. The lowest BCUT2D eigenvalue weighted by molar-refractivity contribution is 0.112. The van der Waals surface area contributed by atoms with Crippen LogP contribution in [-0.4, -0.2) is 15.6 Å². The van der Waals surface area contributed by atoms with Crippen molar-refractivity contribution in [3.05, 3.63) is 35.4 Å². The molecule has 0 fully saturated rings. The molecule has 1 aromatic carbocycles. The van der Waals surface area contributed by atoms with Gasteiger partial charge in [0.1, 0.15) is 11.6 Å². The Balaban J connectivity index is 2.37. The van der Waals surface area contributed by atoms with Gasteiger partial charge in [-0.25, -0.2) is 9.37 Å². The summed E-state index contributed by atoms with van der Waals surface area (Å²) in [6.07, 6.45) is 0.638. The van der Waals surface area contributed by atoms with Crippen molar-refractivity contribution in [2.45, 2.75) is 16.2 Å². The SMILES string of the molecule is Cc1nsc(Sc2c(F)cccc2C=O)n1. The Morgan fingerprint density at radius 2 is 2.31 bits per heavy atom. The van der Waals surface area contributed by atoms with Gasteiger partial charge in [0.05, 0.1) is 4.90 Å². The lowest BCUT2D eigenvalue weighted by Gasteiger charge is -2.02. The Labute approximate surface area is 99.9 Å². The standard InChI is InChI=1S/C10H7FN2OS2/c1-6-12-10(16-13-6)15-9-7(5-14)3-2-4-8(9)11/h2-5H,1H3. The van der Waals surface area contributed by atoms with Gasteiger partial charge in [0.25, 0.3) is 0 Å². The predicted octanol–water partition coefficient (Wildman–Crippen LogP) is 2.95. The fourth-order valence-corrected chi connectivity index (χ4v) is 2.82. The molecular formula is C10H7FN2OS2. The summed E-state index contributed by atoms with van der Waals surface area (Å²) in [7, 11) is 0. The fourth-order valence-electron chi connectivity index (χ4n) is 1.13. The Hall–Kier alpha value is -1.27. The van der Waals surface area contributed by atoms with E-state index >= 15 is 0 Å². The molecule has 6 heteroatoms. The summed E-state index contributed by atoms with van der Waals surface area (Å²) in [5, 5.41) is 0. The summed E-state index contributed by atoms with van der Waals surface area (Å²) >= 11 is 2.32. The van der Waals surface area contributed by atoms with Gasteiger partial charge in [-0.2, -0.15) is 4.37 Å². The topological polar surface area (TPSA) is 42.9 Å². The minimum absolute atomic E-state index is 0.300. The van der Waals surface area contributed by atoms with Gasteiger partial charge in [0.2, 0.25) is 0 Å². The van der Waals surface area contributed by atoms with Crippen molar-refractivity contribution in [2.75, 3.05) is 0 Å². The fraction of sp³-hybridized carbons (Fsp3) is 0.100. The minimum Gasteiger partial charge on any atom is -0.298 e. The minimum atomic E-state index is -0.414. The van der Waals surface area contributed by atoms with E-state index in [1.54, 1.807) is 13.0 Å². The van der Waals surface area contributed by atoms with Crippen molar-refractivity contribution in [2.24, 2.45) is 0 Å². The predicted molar refractivity (Wildman–Crippen MR) is 60.6 cm³/mol. The summed E-state index contributed by atoms with van der Waals surface area (Å²) in [6.45, 7) is 1.77. The lowest BCUT2D eigenvalue weighted by Crippen LogP contribution is -1.89. The van der Waals surface area contributed by atoms with Gasteiger partial charge in [0, 0.05) is 5.56 Å². The molecule has 0 aliphatic carbocycles. The van der Waals surface area contributed by atoms with Gasteiger partial charge in [-0.1, -0.05) is 23.9 Å². The number of halogens is 1. The first kappa shape index (κ1) is 11.2. The Kier molecular flexibility index (Phi) is 3.31. The highest BCUT2D eigenvalue weighted by Gasteiger charge is 2.12. The maximum atomic E-state index is 13.5. The zero-order valence-electron chi connectivity index (χ0n) is 8.31. The molecule has 0 aliphatic heterocycles. The molecule has 3 nitrogen and oxygen atoms in total. The number of rotatable bonds is 3. The average Bonchev–Trinajstić information content (AvgIpc) is 2.67. The quantitative estimate of drug-likeness (QED) is 0.790. The van der Waals surface area contributed by atoms with Gasteiger partial charge in [-0.05, 0) is 24.5 Å². The van der Waals surface area contributed by atoms with Crippen LogP contribution in [0.3, 0.4) is 0 Å². The van der Waals surface area contributed by atoms with Crippen molar-refractivity contribution >= 4 is 29.6 Å². The van der Waals surface area contributed by atoms with Gasteiger partial charge in [-0.15, -0.1) is 0 Å². The smallest absolute Gasteiger partial charge is 0.174 e. The number of aryl methyl sites for hydroxylation is 1. The summed E-state index contributed by atoms with van der Waals surface area (Å²) in [5.74, 6) is 0.235. The highest BCUT2D eigenvalue weighted by Crippen LogP contribution is 2.32. The van der Waals surface area contributed by atoms with E-state index in [1.807, 2.05) is 0 Å². The molecular weight excluding hydrogens is 247 g/mol. The van der Waals surface area contributed by atoms with E-state index in [9.17, 15) is 9.18 Å². The third-order valence-electron chi connectivity index (χ3n) is 1.82. The molecule has 0 atom stereocenters. The maximum Gasteiger partial charge on any atom is 0.174 e. The van der Waals surface area contributed by atoms with Crippen molar-refractivity contribution < 1.29 is 9.18 Å². The first-order valence-corrected chi connectivity index (χ1v) is 6.01. The Bertz CT molecular complexity index is 527. The van der Waals surface area contributed by atoms with Crippen molar-refractivity contribution in [3.63, 3.8) is 0 Å². The molecule has 0 amide bonds. The van der Waals surface area contributed by atoms with Crippen LogP contribution in [0.15, 0.2) is 27.4 Å². The first-order valence-electron chi connectivity index (χ1n) is 4.42. The van der Waals surface area contributed by atoms with Crippen LogP contribution in [0.5, 0.6) is 0 Å². The molecule has 2 aromatic rings. The Morgan fingerprint density at radius 3 is 2.94 bits per heavy atom. The van der Waals surface area contributed by atoms with Crippen LogP contribution in [0.2, 0.25) is 0 Å². The normalized spacial score (nSPS) is 10.4. The van der Waals surface area contributed by atoms with Crippen LogP contribution in [0, 0.1) is 12.7 Å². The van der Waals surface area contributed by atoms with Gasteiger partial charge in [0.15, 0.2) is 10.6 Å². The molecule has 0 aliphatic rings. The summed E-state index contributed by atoms with van der Waals surface area (Å²) in [4.78, 5) is 15.2. The van der Waals surface area contributed by atoms with E-state index in [4.69, 9.17) is 0 Å². The third kappa shape index (κ3) is 2.28. The second-order valence-electron chi connectivity index (χ2n) is 2.99. The highest BCUT2D eigenvalue weighted by atomic mass is 32.2. The van der Waals surface area contributed by atoms with Gasteiger partial charge < -0.3 is 0 Å². The molecule has 0 saturated carbocycles. The van der Waals surface area contributed by atoms with E-state index in [1.165, 1.54) is 23.7 Å². The number of aromatic nitrogens is 2. The molecule has 0 unspecified atom stereocenters. The van der Waals surface area contributed by atoms with Gasteiger partial charge in [-0.3, -0.25) is 4.79 Å². The zero-order valence-corrected chi connectivity index (χ0v) is 9.94. The number of carbonyl (C=O) groups excluding carboxylic acids is 1.